The molecule has 0 saturated heterocycles. The first-order chi connectivity index (χ1) is 10.2. The molecule has 0 fully saturated rings. The molecule has 1 heterocycles. The average Bonchev–Trinajstić information content (AvgIpc) is 2.54. The maximum absolute atomic E-state index is 6.11. The normalized spacial score (nSPS) is 17.1. The number of ether oxygens (including phenoxy) is 2. The maximum Gasteiger partial charge on any atom is 0.151 e. The highest BCUT2D eigenvalue weighted by molar-refractivity contribution is 5.82. The first-order valence-corrected chi connectivity index (χ1v) is 7.09. The lowest BCUT2D eigenvalue weighted by Crippen LogP contribution is -2.42. The average molecular weight is 284 g/mol. The number of fused-ring (bicyclic) bond motifs is 1. The molecule has 0 aliphatic carbocycles. The number of nitrogens with two attached hydrogens (primary N) is 1. The van der Waals surface area contributed by atoms with E-state index in [1.54, 1.807) is 7.11 Å². The molecule has 0 aromatic heterocycles. The van der Waals surface area contributed by atoms with Crippen molar-refractivity contribution in [2.45, 2.75) is 6.10 Å². The highest BCUT2D eigenvalue weighted by atomic mass is 16.5. The first kappa shape index (κ1) is 13.8. The Morgan fingerprint density at radius 2 is 1.95 bits per heavy atom. The Bertz CT molecular complexity index is 642. The van der Waals surface area contributed by atoms with Gasteiger partial charge in [0.05, 0.1) is 19.3 Å². The van der Waals surface area contributed by atoms with Crippen LogP contribution < -0.4 is 20.1 Å². The van der Waals surface area contributed by atoms with Gasteiger partial charge >= 0.3 is 0 Å². The van der Waals surface area contributed by atoms with Gasteiger partial charge in [-0.15, -0.1) is 0 Å². The van der Waals surface area contributed by atoms with Crippen LogP contribution in [0.5, 0.6) is 11.5 Å². The summed E-state index contributed by atoms with van der Waals surface area (Å²) in [6, 6.07) is 14.1. The molecule has 4 nitrogen and oxygen atoms in total. The fraction of sp³-hybridized carbons (Fsp3) is 0.294. The van der Waals surface area contributed by atoms with E-state index in [4.69, 9.17) is 15.2 Å². The Balaban J connectivity index is 2.15. The van der Waals surface area contributed by atoms with Crippen LogP contribution >= 0.6 is 0 Å². The van der Waals surface area contributed by atoms with E-state index < -0.39 is 0 Å². The number of likely N-dealkylation sites (N-methyl/N-ethyl adjacent to an activating group) is 1. The fourth-order valence-electron chi connectivity index (χ4n) is 2.76. The van der Waals surface area contributed by atoms with Crippen LogP contribution in [0.25, 0.3) is 11.1 Å². The maximum atomic E-state index is 6.11. The smallest absolute Gasteiger partial charge is 0.151 e. The molecule has 0 saturated carbocycles. The second kappa shape index (κ2) is 5.66. The van der Waals surface area contributed by atoms with Crippen LogP contribution in [0.1, 0.15) is 0 Å². The van der Waals surface area contributed by atoms with Crippen LogP contribution in [0.3, 0.4) is 0 Å². The Labute approximate surface area is 125 Å². The van der Waals surface area contributed by atoms with E-state index in [1.165, 1.54) is 0 Å². The molecular weight excluding hydrogens is 264 g/mol. The number of methoxy groups -OCH3 is 1. The lowest BCUT2D eigenvalue weighted by atomic mass is 10.0. The summed E-state index contributed by atoms with van der Waals surface area (Å²) in [5, 5.41) is 0. The summed E-state index contributed by atoms with van der Waals surface area (Å²) >= 11 is 0. The molecule has 0 spiro atoms. The van der Waals surface area contributed by atoms with Gasteiger partial charge in [-0.25, -0.2) is 0 Å². The topological polar surface area (TPSA) is 47.7 Å². The van der Waals surface area contributed by atoms with Crippen molar-refractivity contribution in [3.63, 3.8) is 0 Å². The van der Waals surface area contributed by atoms with Gasteiger partial charge in [-0.3, -0.25) is 0 Å². The Morgan fingerprint density at radius 1 is 1.19 bits per heavy atom. The summed E-state index contributed by atoms with van der Waals surface area (Å²) in [4.78, 5) is 2.19. The number of hydrogen-bond acceptors (Lipinski definition) is 4. The van der Waals surface area contributed by atoms with Gasteiger partial charge < -0.3 is 20.1 Å². The van der Waals surface area contributed by atoms with Gasteiger partial charge in [0.2, 0.25) is 0 Å². The number of rotatable bonds is 3. The number of benzene rings is 2. The van der Waals surface area contributed by atoms with Crippen molar-refractivity contribution in [1.29, 1.82) is 0 Å². The zero-order valence-electron chi connectivity index (χ0n) is 12.4. The lowest BCUT2D eigenvalue weighted by Gasteiger charge is -2.34. The minimum absolute atomic E-state index is 0.0124. The summed E-state index contributed by atoms with van der Waals surface area (Å²) in [6.07, 6.45) is 0.0124. The molecular formula is C17H20N2O2. The van der Waals surface area contributed by atoms with Gasteiger partial charge in [0.15, 0.2) is 5.75 Å². The third-order valence-electron chi connectivity index (χ3n) is 3.83. The molecule has 0 radical (unpaired) electrons. The quantitative estimate of drug-likeness (QED) is 0.941. The number of nitrogens with zero attached hydrogens (tertiary/aromatic N) is 1. The van der Waals surface area contributed by atoms with Crippen molar-refractivity contribution in [2.24, 2.45) is 5.73 Å². The molecule has 1 aliphatic rings. The fourth-order valence-corrected chi connectivity index (χ4v) is 2.76. The summed E-state index contributed by atoms with van der Waals surface area (Å²) in [6.45, 7) is 1.31. The summed E-state index contributed by atoms with van der Waals surface area (Å²) < 4.78 is 11.6. The van der Waals surface area contributed by atoms with E-state index in [1.807, 2.05) is 30.3 Å². The van der Waals surface area contributed by atoms with Crippen LogP contribution in [0, 0.1) is 0 Å². The molecule has 1 atom stereocenters. The molecule has 3 rings (SSSR count). The second-order valence-corrected chi connectivity index (χ2v) is 5.21. The molecule has 0 bridgehead atoms. The van der Waals surface area contributed by atoms with Crippen LogP contribution in [-0.4, -0.2) is 33.4 Å². The van der Waals surface area contributed by atoms with Gasteiger partial charge in [0, 0.05) is 24.7 Å². The van der Waals surface area contributed by atoms with Gasteiger partial charge in [-0.1, -0.05) is 30.3 Å². The van der Waals surface area contributed by atoms with Crippen LogP contribution in [0.2, 0.25) is 0 Å². The number of hydrogen-bond donors (Lipinski definition) is 1. The monoisotopic (exact) mass is 284 g/mol. The zero-order chi connectivity index (χ0) is 14.8. The summed E-state index contributed by atoms with van der Waals surface area (Å²) in [5.41, 5.74) is 8.94. The van der Waals surface area contributed by atoms with Gasteiger partial charge in [-0.05, 0) is 12.1 Å². The lowest BCUT2D eigenvalue weighted by molar-refractivity contribution is 0.204. The van der Waals surface area contributed by atoms with Crippen molar-refractivity contribution in [3.8, 4) is 22.6 Å². The molecule has 0 amide bonds. The molecule has 2 aromatic carbocycles. The predicted octanol–water partition coefficient (Wildman–Crippen LogP) is 2.52. The van der Waals surface area contributed by atoms with Crippen molar-refractivity contribution < 1.29 is 9.47 Å². The van der Waals surface area contributed by atoms with Gasteiger partial charge in [-0.2, -0.15) is 0 Å². The Morgan fingerprint density at radius 3 is 2.71 bits per heavy atom. The third-order valence-corrected chi connectivity index (χ3v) is 3.83. The molecule has 4 heteroatoms. The van der Waals surface area contributed by atoms with Crippen LogP contribution in [0.15, 0.2) is 42.5 Å². The van der Waals surface area contributed by atoms with E-state index in [-0.39, 0.29) is 6.10 Å². The number of anilines is 1. The van der Waals surface area contributed by atoms with Crippen molar-refractivity contribution >= 4 is 5.69 Å². The molecule has 110 valence electrons. The standard InChI is InChI=1S/C17H20N2O2/c1-19-11-12(10-18)21-17-14(7-5-8-15(17)19)13-6-3-4-9-16(13)20-2/h3-9,12H,10-11,18H2,1-2H3. The molecule has 21 heavy (non-hydrogen) atoms. The zero-order valence-corrected chi connectivity index (χ0v) is 12.4. The molecule has 1 aliphatic heterocycles. The molecule has 2 aromatic rings. The second-order valence-electron chi connectivity index (χ2n) is 5.21. The number of para-hydroxylation sites is 2. The predicted molar refractivity (Wildman–Crippen MR) is 85.2 cm³/mol. The van der Waals surface area contributed by atoms with Crippen molar-refractivity contribution in [1.82, 2.24) is 0 Å². The van der Waals surface area contributed by atoms with Crippen molar-refractivity contribution in [3.05, 3.63) is 42.5 Å². The van der Waals surface area contributed by atoms with E-state index in [9.17, 15) is 0 Å². The summed E-state index contributed by atoms with van der Waals surface area (Å²) in [5.74, 6) is 1.72. The largest absolute Gasteiger partial charge is 0.496 e. The first-order valence-electron chi connectivity index (χ1n) is 7.09. The Kier molecular flexibility index (Phi) is 3.71. The highest BCUT2D eigenvalue weighted by Crippen LogP contribution is 2.43. The van der Waals surface area contributed by atoms with E-state index in [0.717, 1.165) is 34.9 Å². The third kappa shape index (κ3) is 2.43. The highest BCUT2D eigenvalue weighted by Gasteiger charge is 2.25. The van der Waals surface area contributed by atoms with E-state index >= 15 is 0 Å². The van der Waals surface area contributed by atoms with Crippen LogP contribution in [0.4, 0.5) is 5.69 Å². The van der Waals surface area contributed by atoms with Crippen molar-refractivity contribution in [2.75, 3.05) is 32.1 Å². The minimum Gasteiger partial charge on any atom is -0.496 e. The summed E-state index contributed by atoms with van der Waals surface area (Å²) in [7, 11) is 3.75. The van der Waals surface area contributed by atoms with E-state index in [2.05, 4.69) is 24.1 Å². The van der Waals surface area contributed by atoms with Crippen LogP contribution in [-0.2, 0) is 0 Å². The van der Waals surface area contributed by atoms with Gasteiger partial charge in [0.1, 0.15) is 11.9 Å². The molecule has 1 unspecified atom stereocenters. The molecule has 2 N–H and O–H groups in total. The van der Waals surface area contributed by atoms with Gasteiger partial charge in [0.25, 0.3) is 0 Å². The SMILES string of the molecule is COc1ccccc1-c1cccc2c1OC(CN)CN2C. The minimum atomic E-state index is 0.0124. The van der Waals surface area contributed by atoms with E-state index in [0.29, 0.717) is 6.54 Å². The Hall–Kier alpha value is -2.20.